The number of nitrogens with one attached hydrogen (secondary N) is 1. The molecule has 1 saturated carbocycles. The largest absolute Gasteiger partial charge is 0.493 e. The predicted molar refractivity (Wildman–Crippen MR) is 149 cm³/mol. The van der Waals surface area contributed by atoms with Gasteiger partial charge in [0, 0.05) is 47.9 Å². The summed E-state index contributed by atoms with van der Waals surface area (Å²) in [5.74, 6) is 1.53. The fraction of sp³-hybridized carbons (Fsp3) is 0.571. The smallest absolute Gasteiger partial charge is 0.197 e. The number of fused-ring (bicyclic) bond motifs is 1. The second-order valence-electron chi connectivity index (χ2n) is 10.8. The SMILES string of the molecule is COc1cc(-c2[nH]nc(-c3nc(C)c(C4CCC(N5CCCOCC5)CC4)s3)c2C(C)C)cn2ncnc12. The molecule has 0 unspecified atom stereocenters. The van der Waals surface area contributed by atoms with Crippen molar-refractivity contribution < 1.29 is 9.47 Å². The third-order valence-corrected chi connectivity index (χ3v) is 9.43. The number of methoxy groups -OCH3 is 1. The third-order valence-electron chi connectivity index (χ3n) is 8.11. The summed E-state index contributed by atoms with van der Waals surface area (Å²) in [6, 6.07) is 2.70. The summed E-state index contributed by atoms with van der Waals surface area (Å²) in [4.78, 5) is 13.5. The van der Waals surface area contributed by atoms with Gasteiger partial charge in [0.25, 0.3) is 0 Å². The van der Waals surface area contributed by atoms with Gasteiger partial charge in [-0.15, -0.1) is 11.3 Å². The van der Waals surface area contributed by atoms with Crippen LogP contribution < -0.4 is 4.74 Å². The molecule has 0 radical (unpaired) electrons. The van der Waals surface area contributed by atoms with E-state index in [1.54, 1.807) is 18.0 Å². The number of H-pyrrole nitrogens is 1. The minimum absolute atomic E-state index is 0.261. The number of nitrogens with zero attached hydrogens (tertiary/aromatic N) is 6. The molecular weight excluding hydrogens is 498 g/mol. The van der Waals surface area contributed by atoms with Crippen LogP contribution in [0.1, 0.15) is 73.9 Å². The van der Waals surface area contributed by atoms with Crippen LogP contribution in [0.15, 0.2) is 18.6 Å². The quantitative estimate of drug-likeness (QED) is 0.352. The molecule has 0 atom stereocenters. The van der Waals surface area contributed by atoms with Gasteiger partial charge in [-0.2, -0.15) is 10.2 Å². The van der Waals surface area contributed by atoms with Gasteiger partial charge in [-0.25, -0.2) is 14.5 Å². The number of rotatable bonds is 6. The maximum atomic E-state index is 5.68. The average molecular weight is 536 g/mol. The van der Waals surface area contributed by atoms with Crippen molar-refractivity contribution in [2.75, 3.05) is 33.4 Å². The first-order valence-corrected chi connectivity index (χ1v) is 14.6. The first kappa shape index (κ1) is 25.5. The fourth-order valence-electron chi connectivity index (χ4n) is 6.20. The number of thiazole rings is 1. The van der Waals surface area contributed by atoms with Crippen LogP contribution in [0.2, 0.25) is 0 Å². The first-order chi connectivity index (χ1) is 18.5. The highest BCUT2D eigenvalue weighted by atomic mass is 32.1. The molecule has 10 heteroatoms. The Labute approximate surface area is 227 Å². The Morgan fingerprint density at radius 3 is 2.79 bits per heavy atom. The Kier molecular flexibility index (Phi) is 7.20. The summed E-state index contributed by atoms with van der Waals surface area (Å²) >= 11 is 1.83. The van der Waals surface area contributed by atoms with E-state index in [9.17, 15) is 0 Å². The van der Waals surface area contributed by atoms with Gasteiger partial charge >= 0.3 is 0 Å². The number of hydrogen-bond donors (Lipinski definition) is 1. The molecular formula is C28H37N7O2S. The number of aromatic nitrogens is 6. The average Bonchev–Trinajstić information content (AvgIpc) is 3.62. The summed E-state index contributed by atoms with van der Waals surface area (Å²) in [6.45, 7) is 10.6. The van der Waals surface area contributed by atoms with Gasteiger partial charge in [0.15, 0.2) is 11.4 Å². The van der Waals surface area contributed by atoms with Crippen LogP contribution in [-0.4, -0.2) is 74.1 Å². The Bertz CT molecular complexity index is 1390. The van der Waals surface area contributed by atoms with E-state index in [1.165, 1.54) is 42.7 Å². The molecule has 6 rings (SSSR count). The molecule has 4 aromatic rings. The molecule has 1 aliphatic heterocycles. The molecule has 0 spiro atoms. The van der Waals surface area contributed by atoms with Gasteiger partial charge in [0.05, 0.1) is 25.1 Å². The highest BCUT2D eigenvalue weighted by Gasteiger charge is 2.30. The Balaban J connectivity index is 1.26. The molecule has 5 heterocycles. The van der Waals surface area contributed by atoms with E-state index in [-0.39, 0.29) is 5.92 Å². The zero-order chi connectivity index (χ0) is 26.2. The minimum Gasteiger partial charge on any atom is -0.493 e. The highest BCUT2D eigenvalue weighted by Crippen LogP contribution is 2.43. The summed E-state index contributed by atoms with van der Waals surface area (Å²) in [5.41, 5.74) is 5.90. The monoisotopic (exact) mass is 535 g/mol. The molecule has 2 aliphatic rings. The van der Waals surface area contributed by atoms with Gasteiger partial charge in [0.1, 0.15) is 17.0 Å². The highest BCUT2D eigenvalue weighted by molar-refractivity contribution is 7.15. The molecule has 38 heavy (non-hydrogen) atoms. The van der Waals surface area contributed by atoms with Crippen LogP contribution in [0, 0.1) is 6.92 Å². The fourth-order valence-corrected chi connectivity index (χ4v) is 7.44. The second kappa shape index (κ2) is 10.7. The summed E-state index contributed by atoms with van der Waals surface area (Å²) in [6.07, 6.45) is 9.64. The van der Waals surface area contributed by atoms with Crippen molar-refractivity contribution >= 4 is 17.0 Å². The molecule has 0 bridgehead atoms. The molecule has 202 valence electrons. The van der Waals surface area contributed by atoms with Crippen LogP contribution in [0.25, 0.3) is 27.6 Å². The summed E-state index contributed by atoms with van der Waals surface area (Å²) in [5, 5.41) is 13.5. The van der Waals surface area contributed by atoms with Gasteiger partial charge < -0.3 is 9.47 Å². The standard InChI is InChI=1S/C28H37N7O2S/c1-17(2)23-24(20-14-22(36-4)27-29-16-30-35(27)15-20)32-33-25(23)28-31-18(3)26(38-28)19-6-8-21(9-7-19)34-10-5-12-37-13-11-34/h14-17,19,21H,5-13H2,1-4H3,(H,32,33). The molecule has 9 nitrogen and oxygen atoms in total. The number of aryl methyl sites for hydroxylation is 1. The zero-order valence-corrected chi connectivity index (χ0v) is 23.6. The van der Waals surface area contributed by atoms with E-state index in [1.807, 2.05) is 23.6 Å². The zero-order valence-electron chi connectivity index (χ0n) is 22.7. The lowest BCUT2D eigenvalue weighted by Crippen LogP contribution is -2.39. The maximum absolute atomic E-state index is 5.68. The molecule has 0 aromatic carbocycles. The number of aromatic amines is 1. The van der Waals surface area contributed by atoms with Crippen LogP contribution in [0.3, 0.4) is 0 Å². The molecule has 1 N–H and O–H groups in total. The Morgan fingerprint density at radius 2 is 2.00 bits per heavy atom. The van der Waals surface area contributed by atoms with Crippen LogP contribution in [0.4, 0.5) is 0 Å². The second-order valence-corrected chi connectivity index (χ2v) is 11.8. The van der Waals surface area contributed by atoms with Gasteiger partial charge in [0.2, 0.25) is 0 Å². The first-order valence-electron chi connectivity index (χ1n) is 13.8. The van der Waals surface area contributed by atoms with Crippen LogP contribution in [-0.2, 0) is 4.74 Å². The van der Waals surface area contributed by atoms with Crippen molar-refractivity contribution in [1.29, 1.82) is 0 Å². The molecule has 1 saturated heterocycles. The maximum Gasteiger partial charge on any atom is 0.197 e. The van der Waals surface area contributed by atoms with E-state index in [4.69, 9.17) is 19.6 Å². The molecule has 0 amide bonds. The number of ether oxygens (including phenoxy) is 2. The van der Waals surface area contributed by atoms with Gasteiger partial charge in [-0.05, 0) is 56.9 Å². The molecule has 2 fully saturated rings. The predicted octanol–water partition coefficient (Wildman–Crippen LogP) is 5.43. The minimum atomic E-state index is 0.261. The van der Waals surface area contributed by atoms with E-state index < -0.39 is 0 Å². The summed E-state index contributed by atoms with van der Waals surface area (Å²) in [7, 11) is 1.66. The van der Waals surface area contributed by atoms with Crippen molar-refractivity contribution in [3.05, 3.63) is 34.7 Å². The van der Waals surface area contributed by atoms with E-state index in [0.29, 0.717) is 23.4 Å². The lowest BCUT2D eigenvalue weighted by molar-refractivity contribution is 0.118. The molecule has 1 aliphatic carbocycles. The van der Waals surface area contributed by atoms with Crippen molar-refractivity contribution in [2.24, 2.45) is 0 Å². The lowest BCUT2D eigenvalue weighted by atomic mass is 9.84. The Morgan fingerprint density at radius 1 is 1.16 bits per heavy atom. The Hall–Kier alpha value is -2.82. The van der Waals surface area contributed by atoms with Gasteiger partial charge in [-0.3, -0.25) is 10.00 Å². The van der Waals surface area contributed by atoms with Crippen LogP contribution in [0.5, 0.6) is 5.75 Å². The van der Waals surface area contributed by atoms with E-state index >= 15 is 0 Å². The van der Waals surface area contributed by atoms with Crippen molar-refractivity contribution in [1.82, 2.24) is 34.7 Å². The van der Waals surface area contributed by atoms with Gasteiger partial charge in [-0.1, -0.05) is 13.8 Å². The lowest BCUT2D eigenvalue weighted by Gasteiger charge is -2.36. The van der Waals surface area contributed by atoms with E-state index in [0.717, 1.165) is 53.8 Å². The topological polar surface area (TPSA) is 93.5 Å². The summed E-state index contributed by atoms with van der Waals surface area (Å²) < 4.78 is 13.0. The van der Waals surface area contributed by atoms with Crippen molar-refractivity contribution in [2.45, 2.75) is 70.8 Å². The number of pyridine rings is 1. The van der Waals surface area contributed by atoms with Crippen molar-refractivity contribution in [3.63, 3.8) is 0 Å². The molecule has 4 aromatic heterocycles. The normalized spacial score (nSPS) is 21.3. The third kappa shape index (κ3) is 4.74. The van der Waals surface area contributed by atoms with Crippen molar-refractivity contribution in [3.8, 4) is 27.7 Å². The number of hydrogen-bond acceptors (Lipinski definition) is 8. The van der Waals surface area contributed by atoms with E-state index in [2.05, 4.69) is 40.9 Å². The van der Waals surface area contributed by atoms with Crippen LogP contribution >= 0.6 is 11.3 Å².